The molecule has 2 aliphatic carbocycles. The van der Waals surface area contributed by atoms with Crippen molar-refractivity contribution in [2.24, 2.45) is 17.6 Å². The SMILES string of the molecule is N[C@H]1C=C[C@@H](C(=O)OCC2CC2)C1. The van der Waals surface area contributed by atoms with Crippen molar-refractivity contribution < 1.29 is 9.53 Å². The Hall–Kier alpha value is -0.830. The van der Waals surface area contributed by atoms with E-state index in [0.29, 0.717) is 18.9 Å². The van der Waals surface area contributed by atoms with Crippen LogP contribution in [0.5, 0.6) is 0 Å². The molecule has 0 unspecified atom stereocenters. The third-order valence-corrected chi connectivity index (χ3v) is 2.58. The van der Waals surface area contributed by atoms with E-state index in [1.165, 1.54) is 12.8 Å². The highest BCUT2D eigenvalue weighted by Gasteiger charge is 2.27. The lowest BCUT2D eigenvalue weighted by Gasteiger charge is -2.08. The van der Waals surface area contributed by atoms with Gasteiger partial charge in [0.05, 0.1) is 12.5 Å². The van der Waals surface area contributed by atoms with E-state index in [-0.39, 0.29) is 17.9 Å². The second kappa shape index (κ2) is 3.50. The number of nitrogens with two attached hydrogens (primary N) is 1. The highest BCUT2D eigenvalue weighted by molar-refractivity contribution is 5.75. The predicted octanol–water partition coefficient (Wildman–Crippen LogP) is 0.843. The molecule has 0 aliphatic heterocycles. The van der Waals surface area contributed by atoms with Gasteiger partial charge >= 0.3 is 5.97 Å². The summed E-state index contributed by atoms with van der Waals surface area (Å²) in [6.45, 7) is 0.610. The zero-order valence-corrected chi connectivity index (χ0v) is 7.61. The summed E-state index contributed by atoms with van der Waals surface area (Å²) in [6.07, 6.45) is 6.88. The normalized spacial score (nSPS) is 32.1. The molecule has 0 aromatic rings. The number of carbonyl (C=O) groups is 1. The molecule has 0 aromatic heterocycles. The summed E-state index contributed by atoms with van der Waals surface area (Å²) in [5, 5.41) is 0. The third kappa shape index (κ3) is 2.31. The molecule has 72 valence electrons. The predicted molar refractivity (Wildman–Crippen MR) is 48.9 cm³/mol. The number of esters is 1. The molecule has 1 fully saturated rings. The van der Waals surface area contributed by atoms with Gasteiger partial charge in [-0.3, -0.25) is 4.79 Å². The van der Waals surface area contributed by atoms with Gasteiger partial charge in [0.15, 0.2) is 0 Å². The van der Waals surface area contributed by atoms with Crippen LogP contribution < -0.4 is 5.73 Å². The van der Waals surface area contributed by atoms with E-state index in [1.807, 2.05) is 12.2 Å². The van der Waals surface area contributed by atoms with Crippen LogP contribution in [0.2, 0.25) is 0 Å². The third-order valence-electron chi connectivity index (χ3n) is 2.58. The molecule has 0 bridgehead atoms. The molecule has 13 heavy (non-hydrogen) atoms. The monoisotopic (exact) mass is 181 g/mol. The number of rotatable bonds is 3. The Morgan fingerprint density at radius 1 is 1.46 bits per heavy atom. The second-order valence-electron chi connectivity index (χ2n) is 3.96. The lowest BCUT2D eigenvalue weighted by atomic mass is 10.1. The maximum atomic E-state index is 11.4. The molecular formula is C10H15NO2. The van der Waals surface area contributed by atoms with Gasteiger partial charge in [-0.25, -0.2) is 0 Å². The minimum absolute atomic E-state index is 0.0403. The maximum absolute atomic E-state index is 11.4. The molecule has 3 heteroatoms. The minimum Gasteiger partial charge on any atom is -0.465 e. The van der Waals surface area contributed by atoms with Gasteiger partial charge < -0.3 is 10.5 Å². The van der Waals surface area contributed by atoms with Gasteiger partial charge in [0.1, 0.15) is 0 Å². The van der Waals surface area contributed by atoms with E-state index in [9.17, 15) is 4.79 Å². The van der Waals surface area contributed by atoms with Crippen molar-refractivity contribution in [2.75, 3.05) is 6.61 Å². The first-order chi connectivity index (χ1) is 6.25. The van der Waals surface area contributed by atoms with E-state index < -0.39 is 0 Å². The molecule has 0 amide bonds. The van der Waals surface area contributed by atoms with Crippen molar-refractivity contribution in [1.82, 2.24) is 0 Å². The summed E-state index contributed by atoms with van der Waals surface area (Å²) < 4.78 is 5.15. The van der Waals surface area contributed by atoms with Gasteiger partial charge in [-0.15, -0.1) is 0 Å². The van der Waals surface area contributed by atoms with Crippen LogP contribution in [0.4, 0.5) is 0 Å². The Morgan fingerprint density at radius 2 is 2.23 bits per heavy atom. The van der Waals surface area contributed by atoms with Crippen molar-refractivity contribution in [3.63, 3.8) is 0 Å². The zero-order valence-electron chi connectivity index (χ0n) is 7.61. The summed E-state index contributed by atoms with van der Waals surface area (Å²) in [6, 6.07) is 0.0403. The Balaban J connectivity index is 1.73. The lowest BCUT2D eigenvalue weighted by Crippen LogP contribution is -2.21. The van der Waals surface area contributed by atoms with Gasteiger partial charge in [-0.1, -0.05) is 12.2 Å². The Bertz CT molecular complexity index is 233. The van der Waals surface area contributed by atoms with E-state index in [2.05, 4.69) is 0 Å². The lowest BCUT2D eigenvalue weighted by molar-refractivity contribution is -0.147. The van der Waals surface area contributed by atoms with Crippen LogP contribution in [0, 0.1) is 11.8 Å². The van der Waals surface area contributed by atoms with E-state index in [1.54, 1.807) is 0 Å². The van der Waals surface area contributed by atoms with E-state index in [0.717, 1.165) is 0 Å². The average molecular weight is 181 g/mol. The number of hydrogen-bond acceptors (Lipinski definition) is 3. The number of carbonyl (C=O) groups excluding carboxylic acids is 1. The first-order valence-electron chi connectivity index (χ1n) is 4.86. The molecule has 1 saturated carbocycles. The molecule has 2 rings (SSSR count). The van der Waals surface area contributed by atoms with E-state index in [4.69, 9.17) is 10.5 Å². The van der Waals surface area contributed by atoms with Gasteiger partial charge in [-0.2, -0.15) is 0 Å². The number of ether oxygens (including phenoxy) is 1. The molecule has 2 atom stereocenters. The van der Waals surface area contributed by atoms with Crippen LogP contribution in [0.3, 0.4) is 0 Å². The van der Waals surface area contributed by atoms with Crippen molar-refractivity contribution in [2.45, 2.75) is 25.3 Å². The van der Waals surface area contributed by atoms with Crippen molar-refractivity contribution in [1.29, 1.82) is 0 Å². The Morgan fingerprint density at radius 3 is 2.77 bits per heavy atom. The molecule has 2 aliphatic rings. The number of hydrogen-bond donors (Lipinski definition) is 1. The first kappa shape index (κ1) is 8.75. The van der Waals surface area contributed by atoms with Crippen LogP contribution in [-0.2, 0) is 9.53 Å². The summed E-state index contributed by atoms with van der Waals surface area (Å²) in [4.78, 5) is 11.4. The highest BCUT2D eigenvalue weighted by Crippen LogP contribution is 2.29. The zero-order chi connectivity index (χ0) is 9.26. The largest absolute Gasteiger partial charge is 0.465 e. The van der Waals surface area contributed by atoms with Crippen molar-refractivity contribution in [3.05, 3.63) is 12.2 Å². The fourth-order valence-electron chi connectivity index (χ4n) is 1.49. The fourth-order valence-corrected chi connectivity index (χ4v) is 1.49. The molecule has 0 spiro atoms. The van der Waals surface area contributed by atoms with Gasteiger partial charge in [0.25, 0.3) is 0 Å². The van der Waals surface area contributed by atoms with Crippen LogP contribution in [0.25, 0.3) is 0 Å². The molecule has 3 nitrogen and oxygen atoms in total. The second-order valence-corrected chi connectivity index (χ2v) is 3.96. The van der Waals surface area contributed by atoms with Crippen LogP contribution >= 0.6 is 0 Å². The molecule has 0 radical (unpaired) electrons. The average Bonchev–Trinajstić information content (AvgIpc) is 2.84. The summed E-state index contributed by atoms with van der Waals surface area (Å²) in [5.74, 6) is 0.452. The fraction of sp³-hybridized carbons (Fsp3) is 0.700. The maximum Gasteiger partial charge on any atom is 0.312 e. The molecule has 2 N–H and O–H groups in total. The van der Waals surface area contributed by atoms with Gasteiger partial charge in [0, 0.05) is 6.04 Å². The Labute approximate surface area is 77.9 Å². The van der Waals surface area contributed by atoms with Crippen LogP contribution in [0.1, 0.15) is 19.3 Å². The highest BCUT2D eigenvalue weighted by atomic mass is 16.5. The smallest absolute Gasteiger partial charge is 0.312 e. The van der Waals surface area contributed by atoms with Crippen LogP contribution in [-0.4, -0.2) is 18.6 Å². The van der Waals surface area contributed by atoms with Crippen molar-refractivity contribution >= 4 is 5.97 Å². The molecule has 0 saturated heterocycles. The summed E-state index contributed by atoms with van der Waals surface area (Å²) >= 11 is 0. The topological polar surface area (TPSA) is 52.3 Å². The van der Waals surface area contributed by atoms with Crippen molar-refractivity contribution in [3.8, 4) is 0 Å². The standard InChI is InChI=1S/C10H15NO2/c11-9-4-3-8(5-9)10(12)13-6-7-1-2-7/h3-4,7-9H,1-2,5-6,11H2/t8-,9+/m1/s1. The first-order valence-corrected chi connectivity index (χ1v) is 4.86. The Kier molecular flexibility index (Phi) is 2.36. The molecule has 0 aromatic carbocycles. The molecule has 0 heterocycles. The van der Waals surface area contributed by atoms with Crippen LogP contribution in [0.15, 0.2) is 12.2 Å². The minimum atomic E-state index is -0.101. The summed E-state index contributed by atoms with van der Waals surface area (Å²) in [7, 11) is 0. The quantitative estimate of drug-likeness (QED) is 0.518. The molecular weight excluding hydrogens is 166 g/mol. The van der Waals surface area contributed by atoms with Gasteiger partial charge in [-0.05, 0) is 25.2 Å². The van der Waals surface area contributed by atoms with E-state index >= 15 is 0 Å². The summed E-state index contributed by atoms with van der Waals surface area (Å²) in [5.41, 5.74) is 5.64. The van der Waals surface area contributed by atoms with Gasteiger partial charge in [0.2, 0.25) is 0 Å².